The van der Waals surface area contributed by atoms with E-state index in [9.17, 15) is 10.2 Å². The van der Waals surface area contributed by atoms with Gasteiger partial charge < -0.3 is 10.2 Å². The van der Waals surface area contributed by atoms with Crippen molar-refractivity contribution >= 4 is 0 Å². The summed E-state index contributed by atoms with van der Waals surface area (Å²) in [6, 6.07) is 11.3. The van der Waals surface area contributed by atoms with Crippen molar-refractivity contribution in [3.8, 4) is 5.69 Å². The van der Waals surface area contributed by atoms with E-state index in [0.29, 0.717) is 12.1 Å². The van der Waals surface area contributed by atoms with Gasteiger partial charge in [-0.05, 0) is 24.6 Å². The van der Waals surface area contributed by atoms with Crippen molar-refractivity contribution in [2.45, 2.75) is 32.0 Å². The van der Waals surface area contributed by atoms with Crippen LogP contribution < -0.4 is 0 Å². The van der Waals surface area contributed by atoms with Crippen LogP contribution in [-0.2, 0) is 0 Å². The standard InChI is InChI=1S/C14H18N2O2/c1-2-6-13(17)14(18)12-9-10-15-16(12)11-7-4-3-5-8-11/h3-5,7-10,13-14,17-18H,2,6H2,1H3. The molecule has 0 aliphatic rings. The average molecular weight is 246 g/mol. The SMILES string of the molecule is CCCC(O)C(O)c1ccnn1-c1ccccc1. The molecule has 0 spiro atoms. The Labute approximate surface area is 107 Å². The highest BCUT2D eigenvalue weighted by Gasteiger charge is 2.21. The lowest BCUT2D eigenvalue weighted by molar-refractivity contribution is 0.00923. The van der Waals surface area contributed by atoms with E-state index >= 15 is 0 Å². The highest BCUT2D eigenvalue weighted by Crippen LogP contribution is 2.22. The fourth-order valence-electron chi connectivity index (χ4n) is 1.97. The molecule has 0 aliphatic heterocycles. The van der Waals surface area contributed by atoms with Gasteiger partial charge in [0.15, 0.2) is 0 Å². The molecule has 2 aromatic rings. The van der Waals surface area contributed by atoms with E-state index in [1.54, 1.807) is 16.9 Å². The number of benzene rings is 1. The lowest BCUT2D eigenvalue weighted by atomic mass is 10.1. The summed E-state index contributed by atoms with van der Waals surface area (Å²) in [7, 11) is 0. The van der Waals surface area contributed by atoms with Gasteiger partial charge in [0, 0.05) is 6.20 Å². The fourth-order valence-corrected chi connectivity index (χ4v) is 1.97. The van der Waals surface area contributed by atoms with E-state index in [-0.39, 0.29) is 0 Å². The lowest BCUT2D eigenvalue weighted by Crippen LogP contribution is -2.20. The van der Waals surface area contributed by atoms with Gasteiger partial charge in [0.1, 0.15) is 6.10 Å². The summed E-state index contributed by atoms with van der Waals surface area (Å²) in [6.07, 6.45) is 1.37. The molecule has 0 bridgehead atoms. The zero-order valence-corrected chi connectivity index (χ0v) is 10.4. The number of aliphatic hydroxyl groups is 2. The summed E-state index contributed by atoms with van der Waals surface area (Å²) >= 11 is 0. The first kappa shape index (κ1) is 12.8. The third-order valence-electron chi connectivity index (χ3n) is 2.92. The number of hydrogen-bond donors (Lipinski definition) is 2. The minimum absolute atomic E-state index is 0.571. The molecule has 2 unspecified atom stereocenters. The normalized spacial score (nSPS) is 14.4. The van der Waals surface area contributed by atoms with Crippen molar-refractivity contribution < 1.29 is 10.2 Å². The van der Waals surface area contributed by atoms with Crippen LogP contribution in [0.1, 0.15) is 31.6 Å². The Hall–Kier alpha value is -1.65. The number of hydrogen-bond acceptors (Lipinski definition) is 3. The van der Waals surface area contributed by atoms with Crippen molar-refractivity contribution in [1.82, 2.24) is 9.78 Å². The van der Waals surface area contributed by atoms with Gasteiger partial charge in [-0.15, -0.1) is 0 Å². The van der Waals surface area contributed by atoms with Crippen LogP contribution in [0.4, 0.5) is 0 Å². The first-order valence-corrected chi connectivity index (χ1v) is 6.19. The second-order valence-electron chi connectivity index (χ2n) is 4.30. The van der Waals surface area contributed by atoms with E-state index in [0.717, 1.165) is 12.1 Å². The van der Waals surface area contributed by atoms with Gasteiger partial charge in [-0.25, -0.2) is 4.68 Å². The summed E-state index contributed by atoms with van der Waals surface area (Å²) < 4.78 is 1.66. The smallest absolute Gasteiger partial charge is 0.122 e. The quantitative estimate of drug-likeness (QED) is 0.849. The number of aromatic nitrogens is 2. The Bertz CT molecular complexity index is 482. The molecule has 0 saturated heterocycles. The van der Waals surface area contributed by atoms with Gasteiger partial charge >= 0.3 is 0 Å². The molecule has 2 rings (SSSR count). The predicted octanol–water partition coefficient (Wildman–Crippen LogP) is 2.07. The molecule has 2 N–H and O–H groups in total. The van der Waals surface area contributed by atoms with Crippen LogP contribution in [0.25, 0.3) is 5.69 Å². The minimum Gasteiger partial charge on any atom is -0.390 e. The van der Waals surface area contributed by atoms with Crippen molar-refractivity contribution in [1.29, 1.82) is 0 Å². The molecule has 0 aliphatic carbocycles. The fraction of sp³-hybridized carbons (Fsp3) is 0.357. The van der Waals surface area contributed by atoms with Crippen LogP contribution in [0.15, 0.2) is 42.6 Å². The molecule has 4 heteroatoms. The van der Waals surface area contributed by atoms with Gasteiger partial charge in [0.05, 0.1) is 17.5 Å². The highest BCUT2D eigenvalue weighted by atomic mass is 16.3. The molecular weight excluding hydrogens is 228 g/mol. The first-order chi connectivity index (χ1) is 8.74. The maximum absolute atomic E-state index is 10.1. The van der Waals surface area contributed by atoms with Gasteiger partial charge in [0.2, 0.25) is 0 Å². The summed E-state index contributed by atoms with van der Waals surface area (Å²) in [5.41, 5.74) is 1.49. The van der Waals surface area contributed by atoms with Crippen LogP contribution >= 0.6 is 0 Å². The summed E-state index contributed by atoms with van der Waals surface area (Å²) in [6.45, 7) is 1.98. The second-order valence-corrected chi connectivity index (χ2v) is 4.30. The topological polar surface area (TPSA) is 58.3 Å². The first-order valence-electron chi connectivity index (χ1n) is 6.19. The number of aliphatic hydroxyl groups excluding tert-OH is 2. The molecule has 96 valence electrons. The highest BCUT2D eigenvalue weighted by molar-refractivity contribution is 5.32. The molecule has 0 radical (unpaired) electrons. The molecule has 4 nitrogen and oxygen atoms in total. The van der Waals surface area contributed by atoms with Crippen LogP contribution in [0.2, 0.25) is 0 Å². The molecule has 1 heterocycles. The maximum Gasteiger partial charge on any atom is 0.122 e. The van der Waals surface area contributed by atoms with Crippen LogP contribution in [-0.4, -0.2) is 26.1 Å². The molecule has 2 atom stereocenters. The van der Waals surface area contributed by atoms with E-state index in [1.165, 1.54) is 0 Å². The lowest BCUT2D eigenvalue weighted by Gasteiger charge is -2.18. The van der Waals surface area contributed by atoms with Crippen molar-refractivity contribution in [3.63, 3.8) is 0 Å². The number of rotatable bonds is 5. The van der Waals surface area contributed by atoms with Crippen LogP contribution in [0.3, 0.4) is 0 Å². The van der Waals surface area contributed by atoms with E-state index in [2.05, 4.69) is 5.10 Å². The van der Waals surface area contributed by atoms with Crippen LogP contribution in [0.5, 0.6) is 0 Å². The van der Waals surface area contributed by atoms with E-state index in [1.807, 2.05) is 37.3 Å². The zero-order chi connectivity index (χ0) is 13.0. The van der Waals surface area contributed by atoms with Gasteiger partial charge in [-0.3, -0.25) is 0 Å². The molecule has 1 aromatic carbocycles. The summed E-state index contributed by atoms with van der Waals surface area (Å²) in [5, 5.41) is 24.2. The summed E-state index contributed by atoms with van der Waals surface area (Å²) in [4.78, 5) is 0. The van der Waals surface area contributed by atoms with Crippen molar-refractivity contribution in [2.75, 3.05) is 0 Å². The summed E-state index contributed by atoms with van der Waals surface area (Å²) in [5.74, 6) is 0. The van der Waals surface area contributed by atoms with Crippen LogP contribution in [0, 0.1) is 0 Å². The molecule has 0 amide bonds. The Morgan fingerprint density at radius 2 is 1.89 bits per heavy atom. The monoisotopic (exact) mass is 246 g/mol. The zero-order valence-electron chi connectivity index (χ0n) is 10.4. The van der Waals surface area contributed by atoms with Gasteiger partial charge in [-0.2, -0.15) is 5.10 Å². The van der Waals surface area contributed by atoms with Gasteiger partial charge in [-0.1, -0.05) is 31.5 Å². The predicted molar refractivity (Wildman–Crippen MR) is 69.4 cm³/mol. The van der Waals surface area contributed by atoms with E-state index < -0.39 is 12.2 Å². The average Bonchev–Trinajstić information content (AvgIpc) is 2.88. The molecule has 1 aromatic heterocycles. The molecule has 0 saturated carbocycles. The molecule has 0 fully saturated rings. The third-order valence-corrected chi connectivity index (χ3v) is 2.92. The molecule has 18 heavy (non-hydrogen) atoms. The Balaban J connectivity index is 2.28. The number of para-hydroxylation sites is 1. The minimum atomic E-state index is -0.910. The maximum atomic E-state index is 10.1. The Morgan fingerprint density at radius 1 is 1.17 bits per heavy atom. The Kier molecular flexibility index (Phi) is 4.12. The van der Waals surface area contributed by atoms with Crippen molar-refractivity contribution in [2.24, 2.45) is 0 Å². The third kappa shape index (κ3) is 2.60. The van der Waals surface area contributed by atoms with E-state index in [4.69, 9.17) is 0 Å². The largest absolute Gasteiger partial charge is 0.390 e. The number of nitrogens with zero attached hydrogens (tertiary/aromatic N) is 2. The molecular formula is C14H18N2O2. The second kappa shape index (κ2) is 5.80. The van der Waals surface area contributed by atoms with Gasteiger partial charge in [0.25, 0.3) is 0 Å². The Morgan fingerprint density at radius 3 is 2.56 bits per heavy atom. The van der Waals surface area contributed by atoms with Crippen molar-refractivity contribution in [3.05, 3.63) is 48.3 Å².